The van der Waals surface area contributed by atoms with Crippen LogP contribution in [0.4, 0.5) is 11.4 Å². The van der Waals surface area contributed by atoms with E-state index in [1.807, 2.05) is 18.2 Å². The minimum atomic E-state index is -3.44. The van der Waals surface area contributed by atoms with Crippen LogP contribution < -0.4 is 9.62 Å². The molecule has 0 atom stereocenters. The van der Waals surface area contributed by atoms with Crippen molar-refractivity contribution in [2.24, 2.45) is 0 Å². The molecule has 0 saturated heterocycles. The van der Waals surface area contributed by atoms with E-state index in [0.717, 1.165) is 10.0 Å². The van der Waals surface area contributed by atoms with E-state index in [-0.39, 0.29) is 12.5 Å². The molecule has 1 amide bonds. The fourth-order valence-electron chi connectivity index (χ4n) is 2.66. The zero-order valence-corrected chi connectivity index (χ0v) is 17.6. The lowest BCUT2D eigenvalue weighted by Crippen LogP contribution is -2.29. The lowest BCUT2D eigenvalue weighted by Gasteiger charge is -2.22. The summed E-state index contributed by atoms with van der Waals surface area (Å²) in [7, 11) is -3.44. The normalized spacial score (nSPS) is 11.1. The molecule has 0 spiro atoms. The van der Waals surface area contributed by atoms with Gasteiger partial charge in [0.25, 0.3) is 5.91 Å². The number of amides is 1. The van der Waals surface area contributed by atoms with Gasteiger partial charge in [-0.25, -0.2) is 8.42 Å². The second kappa shape index (κ2) is 8.58. The summed E-state index contributed by atoms with van der Waals surface area (Å²) in [6.45, 7) is 0.192. The third-order valence-corrected chi connectivity index (χ3v) is 5.76. The molecule has 7 heteroatoms. The summed E-state index contributed by atoms with van der Waals surface area (Å²) in [6.07, 6.45) is 1.18. The summed E-state index contributed by atoms with van der Waals surface area (Å²) in [5.41, 5.74) is 2.58. The second-order valence-electron chi connectivity index (χ2n) is 6.26. The molecule has 0 fully saturated rings. The summed E-state index contributed by atoms with van der Waals surface area (Å²) >= 11 is 3.36. The number of sulfonamides is 1. The molecule has 0 saturated carbocycles. The molecule has 3 aromatic rings. The Kier molecular flexibility index (Phi) is 6.16. The molecule has 0 aromatic heterocycles. The van der Waals surface area contributed by atoms with Gasteiger partial charge in [0.1, 0.15) is 0 Å². The lowest BCUT2D eigenvalue weighted by molar-refractivity contribution is 0.102. The highest BCUT2D eigenvalue weighted by Gasteiger charge is 2.17. The minimum Gasteiger partial charge on any atom is -0.322 e. The first-order valence-electron chi connectivity index (χ1n) is 8.51. The summed E-state index contributed by atoms with van der Waals surface area (Å²) in [5, 5.41) is 2.83. The maximum Gasteiger partial charge on any atom is 0.255 e. The van der Waals surface area contributed by atoms with Crippen LogP contribution in [0.15, 0.2) is 83.3 Å². The monoisotopic (exact) mass is 458 g/mol. The van der Waals surface area contributed by atoms with E-state index in [9.17, 15) is 13.2 Å². The number of anilines is 2. The molecule has 0 radical (unpaired) electrons. The lowest BCUT2D eigenvalue weighted by atomic mass is 10.1. The van der Waals surface area contributed by atoms with Crippen molar-refractivity contribution in [2.75, 3.05) is 15.9 Å². The highest BCUT2D eigenvalue weighted by atomic mass is 79.9. The number of hydrogen-bond acceptors (Lipinski definition) is 3. The molecule has 28 heavy (non-hydrogen) atoms. The van der Waals surface area contributed by atoms with Gasteiger partial charge in [0.2, 0.25) is 10.0 Å². The average molecular weight is 459 g/mol. The number of nitrogens with zero attached hydrogens (tertiary/aromatic N) is 1. The van der Waals surface area contributed by atoms with E-state index in [1.54, 1.807) is 60.7 Å². The third kappa shape index (κ3) is 5.21. The first kappa shape index (κ1) is 20.1. The van der Waals surface area contributed by atoms with Gasteiger partial charge in [0.05, 0.1) is 18.5 Å². The zero-order valence-electron chi connectivity index (χ0n) is 15.2. The Morgan fingerprint density at radius 2 is 1.54 bits per heavy atom. The van der Waals surface area contributed by atoms with Crippen molar-refractivity contribution in [1.82, 2.24) is 0 Å². The van der Waals surface area contributed by atoms with Gasteiger partial charge in [-0.1, -0.05) is 46.3 Å². The third-order valence-electron chi connectivity index (χ3n) is 4.09. The van der Waals surface area contributed by atoms with Gasteiger partial charge in [0, 0.05) is 15.7 Å². The molecule has 0 aliphatic carbocycles. The topological polar surface area (TPSA) is 66.5 Å². The number of halogens is 1. The van der Waals surface area contributed by atoms with Crippen molar-refractivity contribution in [2.45, 2.75) is 6.54 Å². The van der Waals surface area contributed by atoms with Gasteiger partial charge in [0.15, 0.2) is 0 Å². The Morgan fingerprint density at radius 3 is 2.11 bits per heavy atom. The van der Waals surface area contributed by atoms with E-state index >= 15 is 0 Å². The van der Waals surface area contributed by atoms with Crippen LogP contribution in [0.2, 0.25) is 0 Å². The van der Waals surface area contributed by atoms with Gasteiger partial charge in [-0.2, -0.15) is 0 Å². The summed E-state index contributed by atoms with van der Waals surface area (Å²) in [5.74, 6) is -0.225. The average Bonchev–Trinajstić information content (AvgIpc) is 2.68. The maximum absolute atomic E-state index is 12.4. The Balaban J connectivity index is 1.74. The quantitative estimate of drug-likeness (QED) is 0.583. The summed E-state index contributed by atoms with van der Waals surface area (Å²) in [4.78, 5) is 12.4. The van der Waals surface area contributed by atoms with E-state index in [0.29, 0.717) is 16.9 Å². The standard InChI is InChI=1S/C21H19BrN2O3S/c1-28(26,27)24(20-5-3-2-4-6-20)15-16-7-9-17(10-8-16)21(25)23-19-13-11-18(22)12-14-19/h2-14H,15H2,1H3,(H,23,25). The molecular formula is C21H19BrN2O3S. The van der Waals surface area contributed by atoms with Crippen LogP contribution in [-0.4, -0.2) is 20.6 Å². The molecule has 0 unspecified atom stereocenters. The molecule has 3 rings (SSSR count). The number of carbonyl (C=O) groups is 1. The van der Waals surface area contributed by atoms with Crippen molar-refractivity contribution in [1.29, 1.82) is 0 Å². The summed E-state index contributed by atoms with van der Waals surface area (Å²) < 4.78 is 26.7. The fourth-order valence-corrected chi connectivity index (χ4v) is 3.81. The van der Waals surface area contributed by atoms with Gasteiger partial charge >= 0.3 is 0 Å². The number of para-hydroxylation sites is 1. The smallest absolute Gasteiger partial charge is 0.255 e. The number of benzene rings is 3. The molecule has 5 nitrogen and oxygen atoms in total. The Labute approximate surface area is 173 Å². The minimum absolute atomic E-state index is 0.192. The van der Waals surface area contributed by atoms with E-state index in [2.05, 4.69) is 21.2 Å². The van der Waals surface area contributed by atoms with Crippen LogP contribution in [0, 0.1) is 0 Å². The van der Waals surface area contributed by atoms with Crippen LogP contribution in [0.3, 0.4) is 0 Å². The van der Waals surface area contributed by atoms with E-state index in [1.165, 1.54) is 10.6 Å². The molecular weight excluding hydrogens is 440 g/mol. The highest BCUT2D eigenvalue weighted by molar-refractivity contribution is 9.10. The molecule has 1 N–H and O–H groups in total. The molecule has 3 aromatic carbocycles. The van der Waals surface area contributed by atoms with Crippen molar-refractivity contribution in [3.63, 3.8) is 0 Å². The van der Waals surface area contributed by atoms with E-state index in [4.69, 9.17) is 0 Å². The SMILES string of the molecule is CS(=O)(=O)N(Cc1ccc(C(=O)Nc2ccc(Br)cc2)cc1)c1ccccc1. The number of carbonyl (C=O) groups excluding carboxylic acids is 1. The van der Waals surface area contributed by atoms with Gasteiger partial charge < -0.3 is 5.32 Å². The predicted octanol–water partition coefficient (Wildman–Crippen LogP) is 4.67. The maximum atomic E-state index is 12.4. The molecule has 0 aliphatic rings. The second-order valence-corrected chi connectivity index (χ2v) is 9.09. The molecule has 0 heterocycles. The zero-order chi connectivity index (χ0) is 20.1. The molecule has 0 bridgehead atoms. The van der Waals surface area contributed by atoms with E-state index < -0.39 is 10.0 Å². The highest BCUT2D eigenvalue weighted by Crippen LogP contribution is 2.21. The molecule has 144 valence electrons. The Hall–Kier alpha value is -2.64. The Morgan fingerprint density at radius 1 is 0.929 bits per heavy atom. The van der Waals surface area contributed by atoms with Gasteiger partial charge in [-0.3, -0.25) is 9.10 Å². The number of hydrogen-bond donors (Lipinski definition) is 1. The van der Waals surface area contributed by atoms with Gasteiger partial charge in [-0.05, 0) is 54.1 Å². The first-order valence-corrected chi connectivity index (χ1v) is 11.2. The molecule has 0 aliphatic heterocycles. The van der Waals surface area contributed by atoms with Crippen LogP contribution >= 0.6 is 15.9 Å². The summed E-state index contributed by atoms with van der Waals surface area (Å²) in [6, 6.07) is 23.1. The number of nitrogens with one attached hydrogen (secondary N) is 1. The Bertz CT molecular complexity index is 1050. The van der Waals surface area contributed by atoms with Crippen molar-refractivity contribution >= 4 is 43.2 Å². The van der Waals surface area contributed by atoms with Crippen molar-refractivity contribution in [3.8, 4) is 0 Å². The van der Waals surface area contributed by atoms with Crippen molar-refractivity contribution < 1.29 is 13.2 Å². The van der Waals surface area contributed by atoms with Crippen LogP contribution in [0.25, 0.3) is 0 Å². The number of rotatable bonds is 6. The predicted molar refractivity (Wildman–Crippen MR) is 116 cm³/mol. The van der Waals surface area contributed by atoms with Crippen LogP contribution in [0.1, 0.15) is 15.9 Å². The fraction of sp³-hybridized carbons (Fsp3) is 0.0952. The van der Waals surface area contributed by atoms with Crippen LogP contribution in [-0.2, 0) is 16.6 Å². The van der Waals surface area contributed by atoms with Crippen molar-refractivity contribution in [3.05, 3.63) is 94.5 Å². The largest absolute Gasteiger partial charge is 0.322 e. The van der Waals surface area contributed by atoms with Gasteiger partial charge in [-0.15, -0.1) is 0 Å². The first-order chi connectivity index (χ1) is 13.3. The van der Waals surface area contributed by atoms with Crippen LogP contribution in [0.5, 0.6) is 0 Å².